The second kappa shape index (κ2) is 17.5. The van der Waals surface area contributed by atoms with Gasteiger partial charge in [0.25, 0.3) is 0 Å². The van der Waals surface area contributed by atoms with E-state index in [0.717, 1.165) is 36.8 Å². The second-order valence-electron chi connectivity index (χ2n) is 10.3. The quantitative estimate of drug-likeness (QED) is 0.195. The van der Waals surface area contributed by atoms with Gasteiger partial charge in [0.15, 0.2) is 0 Å². The van der Waals surface area contributed by atoms with Crippen LogP contribution in [0.5, 0.6) is 0 Å². The Hall–Kier alpha value is -4.08. The van der Waals surface area contributed by atoms with Gasteiger partial charge in [0.2, 0.25) is 5.91 Å². The van der Waals surface area contributed by atoms with E-state index in [2.05, 4.69) is 21.3 Å². The van der Waals surface area contributed by atoms with Crippen molar-refractivity contribution in [3.63, 3.8) is 0 Å². The summed E-state index contributed by atoms with van der Waals surface area (Å²) < 4.78 is 10.4. The van der Waals surface area contributed by atoms with Gasteiger partial charge in [-0.2, -0.15) is 0 Å². The summed E-state index contributed by atoms with van der Waals surface area (Å²) in [6, 6.07) is 17.6. The molecule has 2 aromatic rings. The van der Waals surface area contributed by atoms with Gasteiger partial charge in [0.05, 0.1) is 0 Å². The zero-order chi connectivity index (χ0) is 29.2. The number of alkyl carbamates (subject to hydrolysis) is 1. The molecule has 2 aromatic carbocycles. The summed E-state index contributed by atoms with van der Waals surface area (Å²) in [6.45, 7) is 6.21. The van der Waals surface area contributed by atoms with Gasteiger partial charge in [-0.15, -0.1) is 0 Å². The molecule has 0 aliphatic heterocycles. The molecule has 4 N–H and O–H groups in total. The van der Waals surface area contributed by atoms with Crippen molar-refractivity contribution in [1.29, 1.82) is 0 Å². The standard InChI is InChI=1S/C30H42N4O6/c1-30(2,3)40-29(38)34-25(20-23-14-8-6-9-15-23)27(36)31-18-12-4-5-13-19-32-28(37)33-21-26(35)39-22-24-16-10-7-11-17-24/h6-11,14-17,25H,4-5,12-13,18-22H2,1-3H3,(H,31,36)(H,34,38)(H2,32,33,37). The van der Waals surface area contributed by atoms with E-state index < -0.39 is 29.7 Å². The highest BCUT2D eigenvalue weighted by Gasteiger charge is 2.24. The van der Waals surface area contributed by atoms with Crippen molar-refractivity contribution >= 4 is 24.0 Å². The van der Waals surface area contributed by atoms with Crippen LogP contribution in [0, 0.1) is 0 Å². The summed E-state index contributed by atoms with van der Waals surface area (Å²) in [5, 5.41) is 10.8. The first-order chi connectivity index (χ1) is 19.1. The molecule has 2 rings (SSSR count). The molecule has 0 spiro atoms. The van der Waals surface area contributed by atoms with Crippen molar-refractivity contribution in [1.82, 2.24) is 21.3 Å². The van der Waals surface area contributed by atoms with E-state index >= 15 is 0 Å². The average molecular weight is 555 g/mol. The maximum absolute atomic E-state index is 12.8. The summed E-state index contributed by atoms with van der Waals surface area (Å²) in [6.07, 6.45) is 2.96. The number of hydrogen-bond donors (Lipinski definition) is 4. The van der Waals surface area contributed by atoms with Crippen LogP contribution in [0.3, 0.4) is 0 Å². The third kappa shape index (κ3) is 14.8. The normalized spacial score (nSPS) is 11.6. The second-order valence-corrected chi connectivity index (χ2v) is 10.3. The Morgan fingerprint density at radius 1 is 0.750 bits per heavy atom. The molecule has 0 bridgehead atoms. The van der Waals surface area contributed by atoms with Crippen LogP contribution in [0.15, 0.2) is 60.7 Å². The number of unbranched alkanes of at least 4 members (excludes halogenated alkanes) is 3. The molecule has 0 radical (unpaired) electrons. The minimum Gasteiger partial charge on any atom is -0.460 e. The number of carbonyl (C=O) groups is 4. The molecule has 218 valence electrons. The van der Waals surface area contributed by atoms with Gasteiger partial charge in [-0.1, -0.05) is 73.5 Å². The average Bonchev–Trinajstić information content (AvgIpc) is 2.91. The number of carbonyl (C=O) groups excluding carboxylic acids is 4. The lowest BCUT2D eigenvalue weighted by atomic mass is 10.1. The fourth-order valence-electron chi connectivity index (χ4n) is 3.65. The number of esters is 1. The lowest BCUT2D eigenvalue weighted by Crippen LogP contribution is -2.49. The van der Waals surface area contributed by atoms with Gasteiger partial charge < -0.3 is 30.7 Å². The molecule has 0 aliphatic carbocycles. The van der Waals surface area contributed by atoms with Crippen LogP contribution in [-0.2, 0) is 32.1 Å². The van der Waals surface area contributed by atoms with E-state index in [0.29, 0.717) is 19.5 Å². The predicted molar refractivity (Wildman–Crippen MR) is 152 cm³/mol. The molecule has 0 saturated carbocycles. The number of urea groups is 1. The largest absolute Gasteiger partial charge is 0.460 e. The van der Waals surface area contributed by atoms with Crippen LogP contribution in [0.1, 0.15) is 57.6 Å². The lowest BCUT2D eigenvalue weighted by Gasteiger charge is -2.23. The molecule has 0 saturated heterocycles. The smallest absolute Gasteiger partial charge is 0.408 e. The molecule has 0 aliphatic rings. The fraction of sp³-hybridized carbons (Fsp3) is 0.467. The fourth-order valence-corrected chi connectivity index (χ4v) is 3.65. The summed E-state index contributed by atoms with van der Waals surface area (Å²) in [5.41, 5.74) is 1.14. The first-order valence-corrected chi connectivity index (χ1v) is 13.6. The number of hydrogen-bond acceptors (Lipinski definition) is 6. The molecule has 1 atom stereocenters. The van der Waals surface area contributed by atoms with Crippen molar-refractivity contribution in [2.75, 3.05) is 19.6 Å². The molecule has 0 fully saturated rings. The van der Waals surface area contributed by atoms with E-state index in [1.807, 2.05) is 60.7 Å². The highest BCUT2D eigenvalue weighted by atomic mass is 16.6. The molecule has 40 heavy (non-hydrogen) atoms. The Kier molecular flexibility index (Phi) is 14.1. The molecule has 10 heteroatoms. The van der Waals surface area contributed by atoms with E-state index in [1.54, 1.807) is 20.8 Å². The van der Waals surface area contributed by atoms with Gasteiger partial charge >= 0.3 is 18.1 Å². The van der Waals surface area contributed by atoms with Crippen molar-refractivity contribution in [3.05, 3.63) is 71.8 Å². The summed E-state index contributed by atoms with van der Waals surface area (Å²) in [4.78, 5) is 48.7. The van der Waals surface area contributed by atoms with E-state index in [1.165, 1.54) is 0 Å². The number of benzene rings is 2. The zero-order valence-corrected chi connectivity index (χ0v) is 23.7. The van der Waals surface area contributed by atoms with Crippen molar-refractivity contribution in [3.8, 4) is 0 Å². The molecule has 0 heterocycles. The zero-order valence-electron chi connectivity index (χ0n) is 23.7. The topological polar surface area (TPSA) is 135 Å². The Morgan fingerprint density at radius 2 is 1.32 bits per heavy atom. The van der Waals surface area contributed by atoms with Crippen LogP contribution in [-0.4, -0.2) is 55.3 Å². The highest BCUT2D eigenvalue weighted by molar-refractivity contribution is 5.86. The maximum atomic E-state index is 12.8. The van der Waals surface area contributed by atoms with E-state index in [-0.39, 0.29) is 19.1 Å². The van der Waals surface area contributed by atoms with Crippen LogP contribution < -0.4 is 21.3 Å². The summed E-state index contributed by atoms with van der Waals surface area (Å²) in [7, 11) is 0. The van der Waals surface area contributed by atoms with Crippen molar-refractivity contribution < 1.29 is 28.7 Å². The molecule has 1 unspecified atom stereocenters. The number of amides is 4. The number of rotatable bonds is 15. The minimum absolute atomic E-state index is 0.164. The van der Waals surface area contributed by atoms with Gasteiger partial charge in [-0.3, -0.25) is 9.59 Å². The first-order valence-electron chi connectivity index (χ1n) is 13.6. The van der Waals surface area contributed by atoms with Crippen LogP contribution in [0.4, 0.5) is 9.59 Å². The van der Waals surface area contributed by atoms with E-state index in [4.69, 9.17) is 9.47 Å². The Balaban J connectivity index is 1.58. The van der Waals surface area contributed by atoms with Crippen molar-refractivity contribution in [2.45, 2.75) is 71.1 Å². The molecular weight excluding hydrogens is 512 g/mol. The van der Waals surface area contributed by atoms with Crippen LogP contribution >= 0.6 is 0 Å². The third-order valence-corrected chi connectivity index (χ3v) is 5.61. The number of ether oxygens (including phenoxy) is 2. The Morgan fingerprint density at radius 3 is 1.93 bits per heavy atom. The molecule has 10 nitrogen and oxygen atoms in total. The monoisotopic (exact) mass is 554 g/mol. The Labute approximate surface area is 236 Å². The third-order valence-electron chi connectivity index (χ3n) is 5.61. The highest BCUT2D eigenvalue weighted by Crippen LogP contribution is 2.09. The summed E-state index contributed by atoms with van der Waals surface area (Å²) >= 11 is 0. The lowest BCUT2D eigenvalue weighted by molar-refractivity contribution is -0.143. The van der Waals surface area contributed by atoms with Gasteiger partial charge in [-0.05, 0) is 44.7 Å². The Bertz CT molecular complexity index is 1060. The summed E-state index contributed by atoms with van der Waals surface area (Å²) in [5.74, 6) is -0.774. The molecule has 0 aromatic heterocycles. The first kappa shape index (κ1) is 32.1. The van der Waals surface area contributed by atoms with Crippen molar-refractivity contribution in [2.24, 2.45) is 0 Å². The SMILES string of the molecule is CC(C)(C)OC(=O)NC(Cc1ccccc1)C(=O)NCCCCCCNC(=O)NCC(=O)OCc1ccccc1. The molecule has 4 amide bonds. The van der Waals surface area contributed by atoms with Gasteiger partial charge in [-0.25, -0.2) is 9.59 Å². The minimum atomic E-state index is -0.754. The van der Waals surface area contributed by atoms with Gasteiger partial charge in [0, 0.05) is 19.5 Å². The van der Waals surface area contributed by atoms with E-state index in [9.17, 15) is 19.2 Å². The maximum Gasteiger partial charge on any atom is 0.408 e. The molecular formula is C30H42N4O6. The van der Waals surface area contributed by atoms with Crippen LogP contribution in [0.25, 0.3) is 0 Å². The predicted octanol–water partition coefficient (Wildman–Crippen LogP) is 3.84. The van der Waals surface area contributed by atoms with Crippen LogP contribution in [0.2, 0.25) is 0 Å². The van der Waals surface area contributed by atoms with Gasteiger partial charge in [0.1, 0.15) is 24.8 Å². The number of nitrogens with one attached hydrogen (secondary N) is 4.